The molecule has 0 aliphatic carbocycles. The molecule has 0 fully saturated rings. The van der Waals surface area contributed by atoms with Crippen LogP contribution in [0.3, 0.4) is 0 Å². The second-order valence-electron chi connectivity index (χ2n) is 2.59. The fraction of sp³-hybridized carbons (Fsp3) is 0.300. The third kappa shape index (κ3) is 2.16. The standard InChI is InChI=1S/C10H14N2O2/c1-3-14-10-8(7-12-11)5-4-6-9(10)13-2/h4-7H,3,11H2,1-2H3. The van der Waals surface area contributed by atoms with Gasteiger partial charge in [-0.1, -0.05) is 6.07 Å². The number of hydrazone groups is 1. The van der Waals surface area contributed by atoms with Gasteiger partial charge in [0.2, 0.25) is 0 Å². The van der Waals surface area contributed by atoms with Gasteiger partial charge in [0.25, 0.3) is 0 Å². The SMILES string of the molecule is CCOc1c(C=NN)cccc1OC. The van der Waals surface area contributed by atoms with Crippen LogP contribution in [-0.2, 0) is 0 Å². The van der Waals surface area contributed by atoms with Gasteiger partial charge in [0.05, 0.1) is 19.9 Å². The van der Waals surface area contributed by atoms with E-state index in [1.165, 1.54) is 6.21 Å². The van der Waals surface area contributed by atoms with Gasteiger partial charge in [-0.05, 0) is 19.1 Å². The zero-order valence-corrected chi connectivity index (χ0v) is 8.36. The smallest absolute Gasteiger partial charge is 0.169 e. The zero-order valence-electron chi connectivity index (χ0n) is 8.36. The Kier molecular flexibility index (Phi) is 3.79. The van der Waals surface area contributed by atoms with Crippen molar-refractivity contribution in [2.75, 3.05) is 13.7 Å². The van der Waals surface area contributed by atoms with Crippen LogP contribution in [0.15, 0.2) is 23.3 Å². The molecule has 4 nitrogen and oxygen atoms in total. The highest BCUT2D eigenvalue weighted by Gasteiger charge is 2.07. The van der Waals surface area contributed by atoms with E-state index in [1.54, 1.807) is 7.11 Å². The molecule has 76 valence electrons. The number of hydrogen-bond donors (Lipinski definition) is 1. The first-order valence-electron chi connectivity index (χ1n) is 4.36. The van der Waals surface area contributed by atoms with Crippen LogP contribution in [0, 0.1) is 0 Å². The van der Waals surface area contributed by atoms with Crippen LogP contribution in [0.2, 0.25) is 0 Å². The van der Waals surface area contributed by atoms with Crippen LogP contribution in [0.5, 0.6) is 11.5 Å². The maximum absolute atomic E-state index is 5.44. The van der Waals surface area contributed by atoms with Crippen molar-refractivity contribution in [3.05, 3.63) is 23.8 Å². The number of ether oxygens (including phenoxy) is 2. The Balaban J connectivity index is 3.13. The molecule has 0 aliphatic rings. The Labute approximate surface area is 83.3 Å². The van der Waals surface area contributed by atoms with Gasteiger partial charge in [0.1, 0.15) is 0 Å². The first-order valence-corrected chi connectivity index (χ1v) is 4.36. The molecule has 0 saturated carbocycles. The summed E-state index contributed by atoms with van der Waals surface area (Å²) in [5, 5.41) is 3.46. The second kappa shape index (κ2) is 5.11. The number of rotatable bonds is 4. The van der Waals surface area contributed by atoms with E-state index in [0.29, 0.717) is 18.1 Å². The van der Waals surface area contributed by atoms with Gasteiger partial charge in [0, 0.05) is 5.56 Å². The Morgan fingerprint density at radius 3 is 2.86 bits per heavy atom. The predicted molar refractivity (Wildman–Crippen MR) is 55.9 cm³/mol. The van der Waals surface area contributed by atoms with Crippen LogP contribution >= 0.6 is 0 Å². The molecular weight excluding hydrogens is 180 g/mol. The Morgan fingerprint density at radius 2 is 2.29 bits per heavy atom. The van der Waals surface area contributed by atoms with E-state index in [-0.39, 0.29) is 0 Å². The molecule has 0 amide bonds. The molecule has 0 aromatic heterocycles. The monoisotopic (exact) mass is 194 g/mol. The highest BCUT2D eigenvalue weighted by molar-refractivity contribution is 5.84. The molecule has 1 aromatic carbocycles. The molecule has 14 heavy (non-hydrogen) atoms. The van der Waals surface area contributed by atoms with Crippen molar-refractivity contribution >= 4 is 6.21 Å². The van der Waals surface area contributed by atoms with Crippen molar-refractivity contribution in [2.45, 2.75) is 6.92 Å². The lowest BCUT2D eigenvalue weighted by Crippen LogP contribution is -1.99. The average Bonchev–Trinajstić information content (AvgIpc) is 2.21. The molecule has 2 N–H and O–H groups in total. The molecule has 0 saturated heterocycles. The van der Waals surface area contributed by atoms with Crippen molar-refractivity contribution in [3.63, 3.8) is 0 Å². The van der Waals surface area contributed by atoms with Gasteiger partial charge in [-0.15, -0.1) is 0 Å². The molecule has 1 aromatic rings. The fourth-order valence-electron chi connectivity index (χ4n) is 1.17. The molecule has 0 heterocycles. The highest BCUT2D eigenvalue weighted by Crippen LogP contribution is 2.29. The highest BCUT2D eigenvalue weighted by atomic mass is 16.5. The lowest BCUT2D eigenvalue weighted by Gasteiger charge is -2.11. The number of benzene rings is 1. The number of hydrogen-bond acceptors (Lipinski definition) is 4. The second-order valence-corrected chi connectivity index (χ2v) is 2.59. The molecule has 1 rings (SSSR count). The molecule has 4 heteroatoms. The largest absolute Gasteiger partial charge is 0.493 e. The summed E-state index contributed by atoms with van der Waals surface area (Å²) in [6, 6.07) is 5.56. The minimum atomic E-state index is 0.575. The Morgan fingerprint density at radius 1 is 1.50 bits per heavy atom. The zero-order chi connectivity index (χ0) is 10.4. The molecule has 0 spiro atoms. The van der Waals surface area contributed by atoms with Gasteiger partial charge < -0.3 is 15.3 Å². The first-order chi connectivity index (χ1) is 6.83. The van der Waals surface area contributed by atoms with E-state index in [1.807, 2.05) is 25.1 Å². The summed E-state index contributed by atoms with van der Waals surface area (Å²) in [6.45, 7) is 2.49. The maximum Gasteiger partial charge on any atom is 0.169 e. The van der Waals surface area contributed by atoms with Gasteiger partial charge in [0.15, 0.2) is 11.5 Å². The summed E-state index contributed by atoms with van der Waals surface area (Å²) in [5.41, 5.74) is 0.814. The van der Waals surface area contributed by atoms with Crippen LogP contribution in [0.25, 0.3) is 0 Å². The molecule has 0 unspecified atom stereocenters. The summed E-state index contributed by atoms with van der Waals surface area (Å²) in [5.74, 6) is 6.45. The summed E-state index contributed by atoms with van der Waals surface area (Å²) in [7, 11) is 1.60. The normalized spacial score (nSPS) is 10.4. The van der Waals surface area contributed by atoms with Crippen molar-refractivity contribution < 1.29 is 9.47 Å². The number of nitrogens with two attached hydrogens (primary N) is 1. The summed E-state index contributed by atoms with van der Waals surface area (Å²) < 4.78 is 10.6. The minimum Gasteiger partial charge on any atom is -0.493 e. The van der Waals surface area contributed by atoms with E-state index in [2.05, 4.69) is 5.10 Å². The predicted octanol–water partition coefficient (Wildman–Crippen LogP) is 1.39. The van der Waals surface area contributed by atoms with E-state index in [4.69, 9.17) is 15.3 Å². The van der Waals surface area contributed by atoms with E-state index >= 15 is 0 Å². The van der Waals surface area contributed by atoms with Gasteiger partial charge in [-0.3, -0.25) is 0 Å². The molecule has 0 bridgehead atoms. The molecule has 0 radical (unpaired) electrons. The number of para-hydroxylation sites is 1. The number of methoxy groups -OCH3 is 1. The third-order valence-corrected chi connectivity index (χ3v) is 1.73. The Bertz CT molecular complexity index is 324. The summed E-state index contributed by atoms with van der Waals surface area (Å²) in [6.07, 6.45) is 1.54. The van der Waals surface area contributed by atoms with Crippen LogP contribution < -0.4 is 15.3 Å². The minimum absolute atomic E-state index is 0.575. The average molecular weight is 194 g/mol. The Hall–Kier alpha value is -1.71. The quantitative estimate of drug-likeness (QED) is 0.447. The summed E-state index contributed by atoms with van der Waals surface area (Å²) >= 11 is 0. The fourth-order valence-corrected chi connectivity index (χ4v) is 1.17. The van der Waals surface area contributed by atoms with Crippen LogP contribution in [0.4, 0.5) is 0 Å². The van der Waals surface area contributed by atoms with E-state index < -0.39 is 0 Å². The topological polar surface area (TPSA) is 56.8 Å². The third-order valence-electron chi connectivity index (χ3n) is 1.73. The first kappa shape index (κ1) is 10.4. The van der Waals surface area contributed by atoms with Crippen molar-refractivity contribution in [1.29, 1.82) is 0 Å². The van der Waals surface area contributed by atoms with Gasteiger partial charge in [-0.2, -0.15) is 5.10 Å². The van der Waals surface area contributed by atoms with Crippen molar-refractivity contribution in [2.24, 2.45) is 10.9 Å². The molecular formula is C10H14N2O2. The molecule has 0 atom stereocenters. The lowest BCUT2D eigenvalue weighted by atomic mass is 10.2. The van der Waals surface area contributed by atoms with Gasteiger partial charge >= 0.3 is 0 Å². The lowest BCUT2D eigenvalue weighted by molar-refractivity contribution is 0.310. The summed E-state index contributed by atoms with van der Waals surface area (Å²) in [4.78, 5) is 0. The van der Waals surface area contributed by atoms with E-state index in [0.717, 1.165) is 5.56 Å². The number of nitrogens with zero attached hydrogens (tertiary/aromatic N) is 1. The van der Waals surface area contributed by atoms with Crippen LogP contribution in [-0.4, -0.2) is 19.9 Å². The van der Waals surface area contributed by atoms with E-state index in [9.17, 15) is 0 Å². The molecule has 0 aliphatic heterocycles. The maximum atomic E-state index is 5.44. The van der Waals surface area contributed by atoms with Gasteiger partial charge in [-0.25, -0.2) is 0 Å². The van der Waals surface area contributed by atoms with Crippen molar-refractivity contribution in [1.82, 2.24) is 0 Å². The van der Waals surface area contributed by atoms with Crippen molar-refractivity contribution in [3.8, 4) is 11.5 Å². The van der Waals surface area contributed by atoms with Crippen LogP contribution in [0.1, 0.15) is 12.5 Å².